The molecule has 0 unspecified atom stereocenters. The van der Waals surface area contributed by atoms with Crippen LogP contribution in [0.2, 0.25) is 0 Å². The van der Waals surface area contributed by atoms with Crippen molar-refractivity contribution in [1.82, 2.24) is 0 Å². The summed E-state index contributed by atoms with van der Waals surface area (Å²) < 4.78 is 0. The number of rotatable bonds is 4. The van der Waals surface area contributed by atoms with Gasteiger partial charge in [-0.25, -0.2) is 0 Å². The summed E-state index contributed by atoms with van der Waals surface area (Å²) in [5, 5.41) is 20.3. The average molecular weight is 238 g/mol. The minimum atomic E-state index is -0.354. The lowest BCUT2D eigenvalue weighted by Crippen LogP contribution is -2.48. The number of hydrogen-bond donors (Lipinski definition) is 2. The van der Waals surface area contributed by atoms with Crippen LogP contribution in [0.5, 0.6) is 0 Å². The van der Waals surface area contributed by atoms with Gasteiger partial charge in [0.1, 0.15) is 0 Å². The van der Waals surface area contributed by atoms with E-state index in [4.69, 9.17) is 0 Å². The fourth-order valence-electron chi connectivity index (χ4n) is 2.93. The predicted octanol–water partition coefficient (Wildman–Crippen LogP) is 3.06. The molecule has 2 N–H and O–H groups in total. The summed E-state index contributed by atoms with van der Waals surface area (Å²) in [6.45, 7) is 10.1. The van der Waals surface area contributed by atoms with Crippen LogP contribution in [-0.2, 0) is 0 Å². The van der Waals surface area contributed by atoms with Crippen molar-refractivity contribution >= 4 is 0 Å². The highest BCUT2D eigenvalue weighted by molar-refractivity contribution is 5.05. The molecule has 0 aromatic carbocycles. The van der Waals surface area contributed by atoms with Gasteiger partial charge in [-0.1, -0.05) is 24.6 Å². The summed E-state index contributed by atoms with van der Waals surface area (Å²) in [4.78, 5) is 0. The first-order valence-electron chi connectivity index (χ1n) is 6.54. The topological polar surface area (TPSA) is 40.5 Å². The van der Waals surface area contributed by atoms with Crippen molar-refractivity contribution in [2.75, 3.05) is 0 Å². The maximum absolute atomic E-state index is 10.2. The second kappa shape index (κ2) is 5.83. The minimum Gasteiger partial charge on any atom is -0.393 e. The van der Waals surface area contributed by atoms with Gasteiger partial charge in [0, 0.05) is 11.3 Å². The molecule has 0 amide bonds. The fourth-order valence-corrected chi connectivity index (χ4v) is 2.93. The van der Waals surface area contributed by atoms with Crippen LogP contribution in [0, 0.1) is 11.3 Å². The third kappa shape index (κ3) is 3.20. The molecule has 0 heterocycles. The summed E-state index contributed by atoms with van der Waals surface area (Å²) in [5.74, 6) is -0.00295. The molecule has 1 aliphatic rings. The molecule has 2 heteroatoms. The maximum atomic E-state index is 10.2. The fraction of sp³-hybridized carbons (Fsp3) is 0.733. The molecule has 0 aliphatic heterocycles. The molecule has 98 valence electrons. The van der Waals surface area contributed by atoms with Gasteiger partial charge < -0.3 is 10.2 Å². The smallest absolute Gasteiger partial charge is 0.0609 e. The van der Waals surface area contributed by atoms with Crippen molar-refractivity contribution in [3.8, 4) is 0 Å². The lowest BCUT2D eigenvalue weighted by molar-refractivity contribution is -0.0861. The van der Waals surface area contributed by atoms with Crippen LogP contribution in [0.4, 0.5) is 0 Å². The zero-order valence-electron chi connectivity index (χ0n) is 11.3. The molecule has 2 nitrogen and oxygen atoms in total. The van der Waals surface area contributed by atoms with E-state index >= 15 is 0 Å². The lowest BCUT2D eigenvalue weighted by atomic mass is 9.62. The van der Waals surface area contributed by atoms with Gasteiger partial charge in [0.25, 0.3) is 0 Å². The van der Waals surface area contributed by atoms with Gasteiger partial charge in [0.2, 0.25) is 0 Å². The van der Waals surface area contributed by atoms with E-state index in [1.54, 1.807) is 0 Å². The largest absolute Gasteiger partial charge is 0.393 e. The van der Waals surface area contributed by atoms with E-state index in [0.717, 1.165) is 12.8 Å². The van der Waals surface area contributed by atoms with E-state index in [1.165, 1.54) is 5.57 Å². The molecule has 0 spiro atoms. The molecular formula is C15H26O2. The van der Waals surface area contributed by atoms with Gasteiger partial charge in [0.05, 0.1) is 12.2 Å². The van der Waals surface area contributed by atoms with Crippen LogP contribution >= 0.6 is 0 Å². The maximum Gasteiger partial charge on any atom is 0.0609 e. The van der Waals surface area contributed by atoms with Gasteiger partial charge in [-0.15, -0.1) is 6.58 Å². The van der Waals surface area contributed by atoms with Crippen molar-refractivity contribution < 1.29 is 10.2 Å². The first-order chi connectivity index (χ1) is 7.91. The molecule has 1 fully saturated rings. The average Bonchev–Trinajstić information content (AvgIpc) is 2.24. The molecule has 0 saturated heterocycles. The first-order valence-corrected chi connectivity index (χ1v) is 6.54. The Bertz CT molecular complexity index is 291. The van der Waals surface area contributed by atoms with Gasteiger partial charge in [-0.05, 0) is 39.5 Å². The minimum absolute atomic E-state index is 0.00295. The van der Waals surface area contributed by atoms with E-state index in [9.17, 15) is 10.2 Å². The van der Waals surface area contributed by atoms with E-state index in [2.05, 4.69) is 33.4 Å². The van der Waals surface area contributed by atoms with Crippen LogP contribution in [0.15, 0.2) is 24.3 Å². The highest BCUT2D eigenvalue weighted by Crippen LogP contribution is 2.45. The monoisotopic (exact) mass is 238 g/mol. The Kier molecular flexibility index (Phi) is 4.96. The SMILES string of the molecule is C=C[C@H]1[C@H](O)CC[C@@H](O)[C@]1(C)CCC=C(C)C. The number of hydrogen-bond acceptors (Lipinski definition) is 2. The van der Waals surface area contributed by atoms with Crippen LogP contribution in [0.25, 0.3) is 0 Å². The second-order valence-corrected chi connectivity index (χ2v) is 5.75. The Balaban J connectivity index is 2.79. The molecule has 1 aliphatic carbocycles. The van der Waals surface area contributed by atoms with Gasteiger partial charge in [0.15, 0.2) is 0 Å². The Morgan fingerprint density at radius 2 is 2.00 bits per heavy atom. The summed E-state index contributed by atoms with van der Waals surface area (Å²) >= 11 is 0. The summed E-state index contributed by atoms with van der Waals surface area (Å²) in [7, 11) is 0. The Hall–Kier alpha value is -0.600. The summed E-state index contributed by atoms with van der Waals surface area (Å²) in [6.07, 6.45) is 6.54. The Morgan fingerprint density at radius 1 is 1.35 bits per heavy atom. The summed E-state index contributed by atoms with van der Waals surface area (Å²) in [5.41, 5.74) is 1.06. The van der Waals surface area contributed by atoms with Gasteiger partial charge in [-0.2, -0.15) is 0 Å². The van der Waals surface area contributed by atoms with Crippen LogP contribution in [-0.4, -0.2) is 22.4 Å². The third-order valence-corrected chi connectivity index (χ3v) is 4.16. The molecule has 0 radical (unpaired) electrons. The zero-order chi connectivity index (χ0) is 13.1. The highest BCUT2D eigenvalue weighted by atomic mass is 16.3. The van der Waals surface area contributed by atoms with E-state index in [1.807, 2.05) is 6.08 Å². The van der Waals surface area contributed by atoms with Crippen molar-refractivity contribution in [3.63, 3.8) is 0 Å². The van der Waals surface area contributed by atoms with Crippen molar-refractivity contribution in [2.45, 2.75) is 58.7 Å². The van der Waals surface area contributed by atoms with Crippen molar-refractivity contribution in [3.05, 3.63) is 24.3 Å². The molecule has 4 atom stereocenters. The van der Waals surface area contributed by atoms with Crippen LogP contribution in [0.1, 0.15) is 46.5 Å². The molecule has 0 aromatic rings. The molecule has 1 rings (SSSR count). The third-order valence-electron chi connectivity index (χ3n) is 4.16. The molecule has 17 heavy (non-hydrogen) atoms. The standard InChI is InChI=1S/C15H26O2/c1-5-12-13(16)8-9-14(17)15(12,4)10-6-7-11(2)3/h5,7,12-14,16-17H,1,6,8-10H2,2-4H3/t12-,13+,14+,15+/m0/s1. The normalized spacial score (nSPS) is 37.6. The molecular weight excluding hydrogens is 212 g/mol. The molecule has 0 bridgehead atoms. The number of allylic oxidation sites excluding steroid dienone is 2. The highest BCUT2D eigenvalue weighted by Gasteiger charge is 2.45. The number of aliphatic hydroxyl groups is 2. The first kappa shape index (κ1) is 14.5. The molecule has 0 aromatic heterocycles. The Labute approximate surface area is 105 Å². The second-order valence-electron chi connectivity index (χ2n) is 5.75. The summed E-state index contributed by atoms with van der Waals surface area (Å²) in [6, 6.07) is 0. The van der Waals surface area contributed by atoms with Gasteiger partial charge in [-0.3, -0.25) is 0 Å². The lowest BCUT2D eigenvalue weighted by Gasteiger charge is -2.46. The van der Waals surface area contributed by atoms with E-state index in [0.29, 0.717) is 12.8 Å². The van der Waals surface area contributed by atoms with E-state index < -0.39 is 0 Å². The van der Waals surface area contributed by atoms with Crippen LogP contribution < -0.4 is 0 Å². The molecule has 1 saturated carbocycles. The van der Waals surface area contributed by atoms with Crippen LogP contribution in [0.3, 0.4) is 0 Å². The van der Waals surface area contributed by atoms with Crippen molar-refractivity contribution in [1.29, 1.82) is 0 Å². The zero-order valence-corrected chi connectivity index (χ0v) is 11.3. The number of aliphatic hydroxyl groups excluding tert-OH is 2. The quantitative estimate of drug-likeness (QED) is 0.739. The Morgan fingerprint density at radius 3 is 2.53 bits per heavy atom. The predicted molar refractivity (Wildman–Crippen MR) is 71.7 cm³/mol. The van der Waals surface area contributed by atoms with Gasteiger partial charge >= 0.3 is 0 Å². The van der Waals surface area contributed by atoms with Crippen molar-refractivity contribution in [2.24, 2.45) is 11.3 Å². The van der Waals surface area contributed by atoms with E-state index in [-0.39, 0.29) is 23.5 Å².